The molecule has 0 saturated carbocycles. The molecule has 0 aliphatic heterocycles. The van der Waals surface area contributed by atoms with E-state index in [1.165, 1.54) is 24.4 Å². The largest absolute Gasteiger partial charge is 0.478 e. The molecule has 0 aromatic carbocycles. The fourth-order valence-corrected chi connectivity index (χ4v) is 2.29. The third-order valence-electron chi connectivity index (χ3n) is 2.55. The summed E-state index contributed by atoms with van der Waals surface area (Å²) in [6.07, 6.45) is 4.36. The molecular weight excluding hydrogens is 276 g/mol. The number of aryl methyl sites for hydroxylation is 1. The van der Waals surface area contributed by atoms with E-state index >= 15 is 0 Å². The van der Waals surface area contributed by atoms with E-state index in [2.05, 4.69) is 10.3 Å². The second-order valence-corrected chi connectivity index (χ2v) is 4.98. The Bertz CT molecular complexity index is 659. The molecule has 5 nitrogen and oxygen atoms in total. The maximum Gasteiger partial charge on any atom is 0.337 e. The fraction of sp³-hybridized carbons (Fsp3) is 0.0714. The van der Waals surface area contributed by atoms with E-state index in [0.717, 1.165) is 10.4 Å². The fourth-order valence-electron chi connectivity index (χ4n) is 1.47. The Labute approximate surface area is 119 Å². The summed E-state index contributed by atoms with van der Waals surface area (Å²) in [5, 5.41) is 13.3. The minimum atomic E-state index is -1.05. The van der Waals surface area contributed by atoms with E-state index in [1.807, 2.05) is 18.4 Å². The first kappa shape index (κ1) is 14.0. The Hall–Kier alpha value is -2.47. The zero-order chi connectivity index (χ0) is 14.5. The second-order valence-electron chi connectivity index (χ2n) is 4.03. The molecule has 20 heavy (non-hydrogen) atoms. The average Bonchev–Trinajstić information content (AvgIpc) is 2.82. The molecule has 0 saturated heterocycles. The van der Waals surface area contributed by atoms with Gasteiger partial charge in [-0.05, 0) is 42.1 Å². The van der Waals surface area contributed by atoms with Crippen molar-refractivity contribution in [2.24, 2.45) is 0 Å². The number of aromatic nitrogens is 1. The highest BCUT2D eigenvalue weighted by molar-refractivity contribution is 7.11. The van der Waals surface area contributed by atoms with E-state index < -0.39 is 5.97 Å². The molecular formula is C14H12N2O3S. The van der Waals surface area contributed by atoms with Crippen LogP contribution in [0.2, 0.25) is 0 Å². The Morgan fingerprint density at radius 2 is 2.15 bits per heavy atom. The molecule has 2 N–H and O–H groups in total. The van der Waals surface area contributed by atoms with Gasteiger partial charge in [0.2, 0.25) is 5.91 Å². The third-order valence-corrected chi connectivity index (χ3v) is 3.53. The van der Waals surface area contributed by atoms with Crippen LogP contribution in [-0.4, -0.2) is 22.0 Å². The number of carbonyl (C=O) groups excluding carboxylic acids is 1. The molecule has 0 radical (unpaired) electrons. The van der Waals surface area contributed by atoms with Crippen LogP contribution in [0.5, 0.6) is 0 Å². The van der Waals surface area contributed by atoms with Crippen LogP contribution >= 0.6 is 11.3 Å². The van der Waals surface area contributed by atoms with Crippen molar-refractivity contribution in [3.05, 3.63) is 51.9 Å². The number of aromatic carboxylic acids is 1. The Kier molecular flexibility index (Phi) is 4.27. The monoisotopic (exact) mass is 288 g/mol. The van der Waals surface area contributed by atoms with Crippen molar-refractivity contribution in [2.75, 3.05) is 5.32 Å². The Morgan fingerprint density at radius 1 is 1.35 bits per heavy atom. The first-order valence-electron chi connectivity index (χ1n) is 5.79. The summed E-state index contributed by atoms with van der Waals surface area (Å²) in [5.41, 5.74) is 1.19. The topological polar surface area (TPSA) is 79.3 Å². The van der Waals surface area contributed by atoms with Gasteiger partial charge in [0.25, 0.3) is 0 Å². The van der Waals surface area contributed by atoms with Gasteiger partial charge in [0, 0.05) is 17.2 Å². The van der Waals surface area contributed by atoms with E-state index in [1.54, 1.807) is 17.4 Å². The highest BCUT2D eigenvalue weighted by atomic mass is 32.1. The summed E-state index contributed by atoms with van der Waals surface area (Å²) in [5.74, 6) is -1.05. The van der Waals surface area contributed by atoms with E-state index in [4.69, 9.17) is 5.11 Å². The number of rotatable bonds is 4. The van der Waals surface area contributed by atoms with Crippen LogP contribution in [0.15, 0.2) is 35.9 Å². The second kappa shape index (κ2) is 6.12. The number of amides is 1. The molecule has 0 fully saturated rings. The van der Waals surface area contributed by atoms with Crippen molar-refractivity contribution in [1.82, 2.24) is 4.98 Å². The van der Waals surface area contributed by atoms with Crippen LogP contribution in [-0.2, 0) is 4.79 Å². The van der Waals surface area contributed by atoms with Crippen LogP contribution in [0.3, 0.4) is 0 Å². The molecule has 2 aromatic heterocycles. The summed E-state index contributed by atoms with van der Waals surface area (Å²) in [6, 6.07) is 4.82. The van der Waals surface area contributed by atoms with E-state index in [-0.39, 0.29) is 11.5 Å². The van der Waals surface area contributed by atoms with Gasteiger partial charge in [-0.1, -0.05) is 0 Å². The number of thiophene rings is 1. The molecule has 0 atom stereocenters. The number of nitrogens with zero attached hydrogens (tertiary/aromatic N) is 1. The molecule has 0 unspecified atom stereocenters. The van der Waals surface area contributed by atoms with E-state index in [0.29, 0.717) is 5.82 Å². The molecule has 102 valence electrons. The molecule has 6 heteroatoms. The number of nitrogens with one attached hydrogen (secondary N) is 1. The number of carboxylic acid groups (broad SMARTS) is 1. The van der Waals surface area contributed by atoms with Gasteiger partial charge in [-0.25, -0.2) is 9.78 Å². The van der Waals surface area contributed by atoms with Crippen molar-refractivity contribution >= 4 is 35.1 Å². The molecule has 2 heterocycles. The van der Waals surface area contributed by atoms with Crippen molar-refractivity contribution in [2.45, 2.75) is 6.92 Å². The molecule has 0 spiro atoms. The van der Waals surface area contributed by atoms with E-state index in [9.17, 15) is 9.59 Å². The zero-order valence-corrected chi connectivity index (χ0v) is 11.5. The van der Waals surface area contributed by atoms with Gasteiger partial charge in [-0.2, -0.15) is 0 Å². The number of hydrogen-bond acceptors (Lipinski definition) is 4. The van der Waals surface area contributed by atoms with Crippen molar-refractivity contribution in [3.8, 4) is 0 Å². The lowest BCUT2D eigenvalue weighted by molar-refractivity contribution is -0.111. The van der Waals surface area contributed by atoms with Crippen LogP contribution < -0.4 is 5.32 Å². The maximum atomic E-state index is 11.7. The minimum absolute atomic E-state index is 0.0766. The van der Waals surface area contributed by atoms with Gasteiger partial charge in [-0.15, -0.1) is 11.3 Å². The lowest BCUT2D eigenvalue weighted by Gasteiger charge is -2.01. The van der Waals surface area contributed by atoms with Crippen LogP contribution in [0.4, 0.5) is 5.82 Å². The number of carbonyl (C=O) groups is 2. The molecule has 2 aromatic rings. The first-order chi connectivity index (χ1) is 9.56. The lowest BCUT2D eigenvalue weighted by Crippen LogP contribution is -2.09. The Morgan fingerprint density at radius 3 is 2.70 bits per heavy atom. The molecule has 0 aliphatic rings. The van der Waals surface area contributed by atoms with Crippen molar-refractivity contribution in [3.63, 3.8) is 0 Å². The lowest BCUT2D eigenvalue weighted by atomic mass is 10.2. The number of anilines is 1. The van der Waals surface area contributed by atoms with Crippen LogP contribution in [0.25, 0.3) is 6.08 Å². The van der Waals surface area contributed by atoms with Gasteiger partial charge < -0.3 is 10.4 Å². The summed E-state index contributed by atoms with van der Waals surface area (Å²) in [6.45, 7) is 1.97. The number of carboxylic acids is 1. The predicted molar refractivity (Wildman–Crippen MR) is 77.9 cm³/mol. The molecule has 2 rings (SSSR count). The predicted octanol–water partition coefficient (Wildman–Crippen LogP) is 2.80. The summed E-state index contributed by atoms with van der Waals surface area (Å²) >= 11 is 1.56. The highest BCUT2D eigenvalue weighted by Gasteiger charge is 2.04. The third kappa shape index (κ3) is 3.52. The minimum Gasteiger partial charge on any atom is -0.478 e. The van der Waals surface area contributed by atoms with Gasteiger partial charge in [0.1, 0.15) is 5.82 Å². The van der Waals surface area contributed by atoms with Gasteiger partial charge in [0.05, 0.1) is 5.56 Å². The highest BCUT2D eigenvalue weighted by Crippen LogP contribution is 2.17. The van der Waals surface area contributed by atoms with Gasteiger partial charge in [-0.3, -0.25) is 4.79 Å². The van der Waals surface area contributed by atoms with Crippen molar-refractivity contribution < 1.29 is 14.7 Å². The quantitative estimate of drug-likeness (QED) is 0.848. The SMILES string of the molecule is Cc1ccsc1C=CC(=O)Nc1ccc(C(=O)O)cn1. The molecule has 0 bridgehead atoms. The zero-order valence-electron chi connectivity index (χ0n) is 10.7. The summed E-state index contributed by atoms with van der Waals surface area (Å²) < 4.78 is 0. The van der Waals surface area contributed by atoms with Gasteiger partial charge >= 0.3 is 5.97 Å². The summed E-state index contributed by atoms with van der Waals surface area (Å²) in [4.78, 5) is 27.2. The molecule has 1 amide bonds. The van der Waals surface area contributed by atoms with Gasteiger partial charge in [0.15, 0.2) is 0 Å². The maximum absolute atomic E-state index is 11.7. The van der Waals surface area contributed by atoms with Crippen LogP contribution in [0.1, 0.15) is 20.8 Å². The first-order valence-corrected chi connectivity index (χ1v) is 6.67. The van der Waals surface area contributed by atoms with Crippen LogP contribution in [0, 0.1) is 6.92 Å². The smallest absolute Gasteiger partial charge is 0.337 e. The summed E-state index contributed by atoms with van der Waals surface area (Å²) in [7, 11) is 0. The average molecular weight is 288 g/mol. The Balaban J connectivity index is 1.99. The molecule has 0 aliphatic carbocycles. The number of pyridine rings is 1. The standard InChI is InChI=1S/C14H12N2O3S/c1-9-6-7-20-11(9)3-5-13(17)16-12-4-2-10(8-15-12)14(18)19/h2-8H,1H3,(H,18,19)(H,15,16,17). The number of hydrogen-bond donors (Lipinski definition) is 2. The van der Waals surface area contributed by atoms with Crippen molar-refractivity contribution in [1.29, 1.82) is 0 Å². The normalized spacial score (nSPS) is 10.7.